The summed E-state index contributed by atoms with van der Waals surface area (Å²) in [5.74, 6) is -1.61. The Morgan fingerprint density at radius 3 is 2.67 bits per heavy atom. The van der Waals surface area contributed by atoms with Gasteiger partial charge in [-0.25, -0.2) is 9.18 Å². The van der Waals surface area contributed by atoms with Crippen LogP contribution in [0.25, 0.3) is 0 Å². The molecule has 2 heterocycles. The van der Waals surface area contributed by atoms with Crippen molar-refractivity contribution in [1.29, 1.82) is 0 Å². The van der Waals surface area contributed by atoms with Gasteiger partial charge in [-0.1, -0.05) is 0 Å². The molecule has 0 radical (unpaired) electrons. The van der Waals surface area contributed by atoms with Gasteiger partial charge in [0, 0.05) is 31.9 Å². The SMILES string of the molecule is CCOC(=O)C1CC[N+]([O-])(c2ccc(N3CC(CNC(C)=O)OC3=O)cc2F)CC1. The van der Waals surface area contributed by atoms with Crippen LogP contribution in [0.15, 0.2) is 18.2 Å². The highest BCUT2D eigenvalue weighted by atomic mass is 19.1. The van der Waals surface area contributed by atoms with Crippen LogP contribution < -0.4 is 14.9 Å². The molecule has 3 rings (SSSR count). The van der Waals surface area contributed by atoms with Gasteiger partial charge >= 0.3 is 12.1 Å². The van der Waals surface area contributed by atoms with Gasteiger partial charge < -0.3 is 24.6 Å². The lowest BCUT2D eigenvalue weighted by atomic mass is 9.96. The number of esters is 1. The number of anilines is 1. The third kappa shape index (κ3) is 4.71. The summed E-state index contributed by atoms with van der Waals surface area (Å²) >= 11 is 0. The molecule has 2 amide bonds. The average molecular weight is 423 g/mol. The number of hydrogen-bond acceptors (Lipinski definition) is 6. The molecule has 1 aromatic rings. The highest BCUT2D eigenvalue weighted by molar-refractivity contribution is 5.90. The summed E-state index contributed by atoms with van der Waals surface area (Å²) in [5.41, 5.74) is 0.253. The van der Waals surface area contributed by atoms with Gasteiger partial charge in [-0.15, -0.1) is 0 Å². The molecule has 2 fully saturated rings. The molecule has 1 aromatic carbocycles. The molecule has 1 atom stereocenters. The van der Waals surface area contributed by atoms with Crippen LogP contribution >= 0.6 is 0 Å². The van der Waals surface area contributed by atoms with Crippen molar-refractivity contribution in [3.63, 3.8) is 0 Å². The van der Waals surface area contributed by atoms with Crippen molar-refractivity contribution in [3.05, 3.63) is 29.2 Å². The summed E-state index contributed by atoms with van der Waals surface area (Å²) in [7, 11) is 0. The summed E-state index contributed by atoms with van der Waals surface area (Å²) in [6.45, 7) is 3.85. The van der Waals surface area contributed by atoms with E-state index in [9.17, 15) is 24.0 Å². The largest absolute Gasteiger partial charge is 0.627 e. The highest BCUT2D eigenvalue weighted by Gasteiger charge is 2.36. The number of quaternary nitrogens is 1. The van der Waals surface area contributed by atoms with Crippen molar-refractivity contribution in [2.45, 2.75) is 32.8 Å². The van der Waals surface area contributed by atoms with E-state index in [1.807, 2.05) is 0 Å². The monoisotopic (exact) mass is 423 g/mol. The third-order valence-electron chi connectivity index (χ3n) is 5.43. The van der Waals surface area contributed by atoms with Gasteiger partial charge in [-0.05, 0) is 13.0 Å². The number of amides is 2. The molecule has 0 spiro atoms. The van der Waals surface area contributed by atoms with Crippen LogP contribution in [-0.4, -0.2) is 56.9 Å². The van der Waals surface area contributed by atoms with E-state index in [2.05, 4.69) is 5.32 Å². The van der Waals surface area contributed by atoms with Crippen molar-refractivity contribution in [2.75, 3.05) is 37.7 Å². The number of ether oxygens (including phenoxy) is 2. The number of rotatable bonds is 6. The second-order valence-corrected chi connectivity index (χ2v) is 7.55. The van der Waals surface area contributed by atoms with Crippen molar-refractivity contribution < 1.29 is 28.2 Å². The fourth-order valence-electron chi connectivity index (χ4n) is 3.81. The van der Waals surface area contributed by atoms with E-state index in [0.717, 1.165) is 6.07 Å². The van der Waals surface area contributed by atoms with Crippen LogP contribution in [0.2, 0.25) is 0 Å². The minimum Gasteiger partial charge on any atom is -0.627 e. The lowest BCUT2D eigenvalue weighted by molar-refractivity contribution is -0.149. The van der Waals surface area contributed by atoms with Gasteiger partial charge in [-0.2, -0.15) is 0 Å². The van der Waals surface area contributed by atoms with E-state index in [1.165, 1.54) is 24.0 Å². The summed E-state index contributed by atoms with van der Waals surface area (Å²) in [5, 5.41) is 15.7. The molecule has 164 valence electrons. The summed E-state index contributed by atoms with van der Waals surface area (Å²) in [6, 6.07) is 4.04. The van der Waals surface area contributed by atoms with E-state index in [0.29, 0.717) is 12.8 Å². The number of carbonyl (C=O) groups excluding carboxylic acids is 3. The first-order valence-corrected chi connectivity index (χ1v) is 10.0. The Labute approximate surface area is 173 Å². The minimum atomic E-state index is -0.863. The van der Waals surface area contributed by atoms with Crippen molar-refractivity contribution in [2.24, 2.45) is 5.92 Å². The smallest absolute Gasteiger partial charge is 0.414 e. The topological polar surface area (TPSA) is 108 Å². The molecule has 2 aliphatic heterocycles. The molecule has 2 aliphatic rings. The Kier molecular flexibility index (Phi) is 6.57. The number of cyclic esters (lactones) is 1. The van der Waals surface area contributed by atoms with E-state index < -0.39 is 22.7 Å². The Morgan fingerprint density at radius 2 is 2.07 bits per heavy atom. The Bertz CT molecular complexity index is 825. The van der Waals surface area contributed by atoms with Gasteiger partial charge in [0.25, 0.3) is 0 Å². The molecule has 0 bridgehead atoms. The second kappa shape index (κ2) is 8.97. The number of benzene rings is 1. The quantitative estimate of drug-likeness (QED) is 0.426. The number of nitrogens with one attached hydrogen (secondary N) is 1. The lowest BCUT2D eigenvalue weighted by Crippen LogP contribution is -2.51. The van der Waals surface area contributed by atoms with Crippen LogP contribution in [0.3, 0.4) is 0 Å². The number of carbonyl (C=O) groups is 3. The number of hydrogen-bond donors (Lipinski definition) is 1. The minimum absolute atomic E-state index is 0.0246. The maximum Gasteiger partial charge on any atom is 0.414 e. The molecule has 30 heavy (non-hydrogen) atoms. The first-order chi connectivity index (χ1) is 14.2. The fourth-order valence-corrected chi connectivity index (χ4v) is 3.81. The standard InChI is InChI=1S/C20H26FN3O6/c1-3-29-19(26)14-6-8-24(28,9-7-14)18-5-4-15(10-17(18)21)23-12-16(30-20(23)27)11-22-13(2)25/h4-5,10,14,16H,3,6-9,11-12H2,1-2H3,(H,22,25). The number of piperidine rings is 1. The molecule has 1 unspecified atom stereocenters. The predicted octanol–water partition coefficient (Wildman–Crippen LogP) is 2.07. The lowest BCUT2D eigenvalue weighted by Gasteiger charge is -2.46. The summed E-state index contributed by atoms with van der Waals surface area (Å²) in [4.78, 5) is 36.3. The van der Waals surface area contributed by atoms with E-state index in [4.69, 9.17) is 9.47 Å². The normalized spacial score (nSPS) is 26.3. The van der Waals surface area contributed by atoms with Gasteiger partial charge in [0.05, 0.1) is 44.4 Å². The van der Waals surface area contributed by atoms with E-state index in [-0.39, 0.29) is 62.0 Å². The maximum absolute atomic E-state index is 14.8. The second-order valence-electron chi connectivity index (χ2n) is 7.55. The van der Waals surface area contributed by atoms with Crippen LogP contribution in [-0.2, 0) is 19.1 Å². The molecule has 0 aromatic heterocycles. The van der Waals surface area contributed by atoms with Crippen LogP contribution in [0.1, 0.15) is 26.7 Å². The Morgan fingerprint density at radius 1 is 1.37 bits per heavy atom. The van der Waals surface area contributed by atoms with Crippen LogP contribution in [0, 0.1) is 16.9 Å². The molecular formula is C20H26FN3O6. The van der Waals surface area contributed by atoms with Crippen molar-refractivity contribution in [3.8, 4) is 0 Å². The molecule has 9 nitrogen and oxygen atoms in total. The average Bonchev–Trinajstić information content (AvgIpc) is 3.07. The van der Waals surface area contributed by atoms with Crippen molar-refractivity contribution >= 4 is 29.3 Å². The van der Waals surface area contributed by atoms with Gasteiger partial charge in [0.1, 0.15) is 6.10 Å². The Balaban J connectivity index is 1.68. The number of halogens is 1. The van der Waals surface area contributed by atoms with Crippen molar-refractivity contribution in [1.82, 2.24) is 9.96 Å². The Hall–Kier alpha value is -2.72. The van der Waals surface area contributed by atoms with Crippen LogP contribution in [0.5, 0.6) is 0 Å². The maximum atomic E-state index is 14.8. The first-order valence-electron chi connectivity index (χ1n) is 10.0. The number of nitrogens with zero attached hydrogens (tertiary/aromatic N) is 2. The third-order valence-corrected chi connectivity index (χ3v) is 5.43. The van der Waals surface area contributed by atoms with Gasteiger partial charge in [-0.3, -0.25) is 14.5 Å². The zero-order valence-electron chi connectivity index (χ0n) is 17.1. The van der Waals surface area contributed by atoms with Gasteiger partial charge in [0.2, 0.25) is 5.91 Å². The van der Waals surface area contributed by atoms with Gasteiger partial charge in [0.15, 0.2) is 11.5 Å². The van der Waals surface area contributed by atoms with E-state index >= 15 is 0 Å². The van der Waals surface area contributed by atoms with E-state index in [1.54, 1.807) is 6.92 Å². The summed E-state index contributed by atoms with van der Waals surface area (Å²) in [6.07, 6.45) is -0.526. The molecule has 1 N–H and O–H groups in total. The highest BCUT2D eigenvalue weighted by Crippen LogP contribution is 2.35. The molecule has 0 aliphatic carbocycles. The molecule has 0 saturated carbocycles. The summed E-state index contributed by atoms with van der Waals surface area (Å²) < 4.78 is 24.2. The zero-order valence-corrected chi connectivity index (χ0v) is 17.1. The predicted molar refractivity (Wildman–Crippen MR) is 107 cm³/mol. The zero-order chi connectivity index (χ0) is 21.9. The fraction of sp³-hybridized carbons (Fsp3) is 0.550. The van der Waals surface area contributed by atoms with Crippen LogP contribution in [0.4, 0.5) is 20.6 Å². The molecule has 2 saturated heterocycles. The first kappa shape index (κ1) is 22.0. The molecular weight excluding hydrogens is 397 g/mol. The molecule has 10 heteroatoms. The number of hydroxylamine groups is 2.